The van der Waals surface area contributed by atoms with Crippen molar-refractivity contribution in [3.05, 3.63) is 34.5 Å². The molecule has 1 aliphatic carbocycles. The molecule has 0 aliphatic heterocycles. The van der Waals surface area contributed by atoms with Crippen molar-refractivity contribution in [2.24, 2.45) is 5.41 Å². The molecule has 1 aromatic heterocycles. The molecular weight excluding hydrogens is 419 g/mol. The van der Waals surface area contributed by atoms with E-state index in [9.17, 15) is 26.7 Å². The van der Waals surface area contributed by atoms with E-state index in [2.05, 4.69) is 9.84 Å². The van der Waals surface area contributed by atoms with Gasteiger partial charge in [0.1, 0.15) is 11.2 Å². The van der Waals surface area contributed by atoms with Crippen LogP contribution in [0.25, 0.3) is 11.3 Å². The maximum Gasteiger partial charge on any atom is 0.401 e. The van der Waals surface area contributed by atoms with Crippen molar-refractivity contribution in [1.82, 2.24) is 9.78 Å². The van der Waals surface area contributed by atoms with E-state index in [0.29, 0.717) is 24.4 Å². The van der Waals surface area contributed by atoms with E-state index in [4.69, 9.17) is 11.6 Å². The van der Waals surface area contributed by atoms with Gasteiger partial charge in [-0.3, -0.25) is 9.48 Å². The maximum atomic E-state index is 13.3. The number of carbonyl (C=O) groups excluding carboxylic acids is 1. The molecule has 0 amide bonds. The number of ketones is 1. The summed E-state index contributed by atoms with van der Waals surface area (Å²) in [6.45, 7) is 0.737. The number of aryl methyl sites for hydroxylation is 2. The molecule has 0 saturated heterocycles. The number of benzene rings is 1. The standard InChI is InChI=1S/C19H18ClF5N2O2/c1-3-12-14(20)15(27(4-2)26-12)11-6-5-10(9-13(11)29-17(21)22)16(28)18(7-8-18)19(23,24)25/h5-6,9,17H,3-4,7-8H2,1-2H3. The summed E-state index contributed by atoms with van der Waals surface area (Å²) < 4.78 is 71.9. The minimum Gasteiger partial charge on any atom is -0.434 e. The van der Waals surface area contributed by atoms with Crippen molar-refractivity contribution in [2.75, 3.05) is 0 Å². The normalized spacial score (nSPS) is 15.6. The first-order valence-corrected chi connectivity index (χ1v) is 9.39. The molecule has 0 bridgehead atoms. The Balaban J connectivity index is 2.12. The molecule has 1 aliphatic rings. The van der Waals surface area contributed by atoms with Crippen molar-refractivity contribution < 1.29 is 31.5 Å². The third-order valence-corrected chi connectivity index (χ3v) is 5.43. The van der Waals surface area contributed by atoms with Crippen molar-refractivity contribution in [3.8, 4) is 17.0 Å². The minimum absolute atomic E-state index is 0.123. The molecule has 1 fully saturated rings. The Kier molecular flexibility index (Phi) is 5.64. The molecule has 3 rings (SSSR count). The number of alkyl halides is 5. The van der Waals surface area contributed by atoms with Gasteiger partial charge < -0.3 is 4.74 Å². The lowest BCUT2D eigenvalue weighted by molar-refractivity contribution is -0.171. The van der Waals surface area contributed by atoms with E-state index >= 15 is 0 Å². The van der Waals surface area contributed by atoms with Crippen LogP contribution in [0.4, 0.5) is 22.0 Å². The summed E-state index contributed by atoms with van der Waals surface area (Å²) >= 11 is 6.35. The summed E-state index contributed by atoms with van der Waals surface area (Å²) in [7, 11) is 0. The van der Waals surface area contributed by atoms with Crippen molar-refractivity contribution in [1.29, 1.82) is 0 Å². The number of hydrogen-bond acceptors (Lipinski definition) is 3. The zero-order valence-corrected chi connectivity index (χ0v) is 16.4. The van der Waals surface area contributed by atoms with Crippen molar-refractivity contribution in [3.63, 3.8) is 0 Å². The third-order valence-electron chi connectivity index (χ3n) is 5.04. The molecule has 1 saturated carbocycles. The summed E-state index contributed by atoms with van der Waals surface area (Å²) in [6, 6.07) is 3.37. The fraction of sp³-hybridized carbons (Fsp3) is 0.474. The molecule has 29 heavy (non-hydrogen) atoms. The molecule has 0 atom stereocenters. The Morgan fingerprint density at radius 1 is 1.31 bits per heavy atom. The van der Waals surface area contributed by atoms with Crippen LogP contribution >= 0.6 is 11.6 Å². The highest BCUT2D eigenvalue weighted by molar-refractivity contribution is 6.33. The topological polar surface area (TPSA) is 44.1 Å². The predicted octanol–water partition coefficient (Wildman–Crippen LogP) is 5.91. The van der Waals surface area contributed by atoms with Gasteiger partial charge in [0.05, 0.1) is 16.4 Å². The number of rotatable bonds is 7. The average Bonchev–Trinajstić information content (AvgIpc) is 3.40. The van der Waals surface area contributed by atoms with Crippen LogP contribution in [0.5, 0.6) is 5.75 Å². The highest BCUT2D eigenvalue weighted by Gasteiger charge is 2.68. The molecule has 1 aromatic carbocycles. The Hall–Kier alpha value is -2.16. The monoisotopic (exact) mass is 436 g/mol. The summed E-state index contributed by atoms with van der Waals surface area (Å²) in [5.41, 5.74) is -1.82. The van der Waals surface area contributed by atoms with Crippen LogP contribution in [0, 0.1) is 5.41 Å². The molecule has 0 unspecified atom stereocenters. The van der Waals surface area contributed by atoms with Gasteiger partial charge in [0.15, 0.2) is 5.78 Å². The second kappa shape index (κ2) is 7.59. The Labute approximate surface area is 168 Å². The van der Waals surface area contributed by atoms with Gasteiger partial charge in [0.25, 0.3) is 0 Å². The van der Waals surface area contributed by atoms with Gasteiger partial charge in [-0.05, 0) is 38.3 Å². The van der Waals surface area contributed by atoms with E-state index in [-0.39, 0.29) is 29.0 Å². The van der Waals surface area contributed by atoms with Gasteiger partial charge in [-0.2, -0.15) is 27.1 Å². The van der Waals surface area contributed by atoms with E-state index < -0.39 is 29.7 Å². The zero-order chi connectivity index (χ0) is 21.6. The molecule has 10 heteroatoms. The van der Waals surface area contributed by atoms with Gasteiger partial charge in [0, 0.05) is 17.7 Å². The highest BCUT2D eigenvalue weighted by atomic mass is 35.5. The van der Waals surface area contributed by atoms with Crippen LogP contribution in [-0.4, -0.2) is 28.4 Å². The number of nitrogens with zero attached hydrogens (tertiary/aromatic N) is 2. The van der Waals surface area contributed by atoms with Gasteiger partial charge in [-0.1, -0.05) is 24.6 Å². The van der Waals surface area contributed by atoms with Crippen LogP contribution < -0.4 is 4.74 Å². The zero-order valence-electron chi connectivity index (χ0n) is 15.6. The summed E-state index contributed by atoms with van der Waals surface area (Å²) in [6.07, 6.45) is -4.85. The first-order chi connectivity index (χ1) is 13.6. The molecule has 0 spiro atoms. The first kappa shape index (κ1) is 21.5. The van der Waals surface area contributed by atoms with Crippen LogP contribution in [0.2, 0.25) is 5.02 Å². The quantitative estimate of drug-likeness (QED) is 0.400. The van der Waals surface area contributed by atoms with Gasteiger partial charge >= 0.3 is 12.8 Å². The Bertz CT molecular complexity index is 935. The van der Waals surface area contributed by atoms with Crippen LogP contribution in [0.3, 0.4) is 0 Å². The third kappa shape index (κ3) is 3.72. The van der Waals surface area contributed by atoms with Crippen molar-refractivity contribution in [2.45, 2.75) is 52.4 Å². The number of ether oxygens (including phenoxy) is 1. The largest absolute Gasteiger partial charge is 0.434 e. The summed E-state index contributed by atoms with van der Waals surface area (Å²) in [4.78, 5) is 12.5. The van der Waals surface area contributed by atoms with E-state index in [1.807, 2.05) is 6.92 Å². The molecule has 2 aromatic rings. The molecule has 0 radical (unpaired) electrons. The molecule has 4 nitrogen and oxygen atoms in total. The lowest BCUT2D eigenvalue weighted by atomic mass is 9.92. The van der Waals surface area contributed by atoms with Gasteiger partial charge in [-0.15, -0.1) is 0 Å². The predicted molar refractivity (Wildman–Crippen MR) is 96.4 cm³/mol. The Morgan fingerprint density at radius 3 is 2.45 bits per heavy atom. The molecule has 158 valence electrons. The van der Waals surface area contributed by atoms with Crippen LogP contribution in [0.15, 0.2) is 18.2 Å². The van der Waals surface area contributed by atoms with E-state index in [1.165, 1.54) is 16.8 Å². The number of hydrogen-bond donors (Lipinski definition) is 0. The maximum absolute atomic E-state index is 13.3. The van der Waals surface area contributed by atoms with Gasteiger partial charge in [0.2, 0.25) is 0 Å². The smallest absolute Gasteiger partial charge is 0.401 e. The first-order valence-electron chi connectivity index (χ1n) is 9.01. The minimum atomic E-state index is -4.70. The molecule has 1 heterocycles. The highest BCUT2D eigenvalue weighted by Crippen LogP contribution is 2.59. The number of halogens is 6. The fourth-order valence-corrected chi connectivity index (χ4v) is 3.67. The second-order valence-corrected chi connectivity index (χ2v) is 7.15. The van der Waals surface area contributed by atoms with Crippen molar-refractivity contribution >= 4 is 17.4 Å². The fourth-order valence-electron chi connectivity index (χ4n) is 3.29. The molecule has 0 N–H and O–H groups in total. The summed E-state index contributed by atoms with van der Waals surface area (Å²) in [5, 5.41) is 4.55. The SMILES string of the molecule is CCc1nn(CC)c(-c2ccc(C(=O)C3(C(F)(F)F)CC3)cc2OC(F)F)c1Cl. The van der Waals surface area contributed by atoms with E-state index in [1.54, 1.807) is 6.92 Å². The van der Waals surface area contributed by atoms with Crippen LogP contribution in [-0.2, 0) is 13.0 Å². The lowest BCUT2D eigenvalue weighted by Crippen LogP contribution is -2.32. The Morgan fingerprint density at radius 2 is 1.97 bits per heavy atom. The van der Waals surface area contributed by atoms with Crippen LogP contribution in [0.1, 0.15) is 42.7 Å². The lowest BCUT2D eigenvalue weighted by Gasteiger charge is -2.19. The second-order valence-electron chi connectivity index (χ2n) is 6.78. The van der Waals surface area contributed by atoms with Gasteiger partial charge in [-0.25, -0.2) is 0 Å². The number of Topliss-reactive ketones (excluding diaryl/α,β-unsaturated/α-hetero) is 1. The molecular formula is C19H18ClF5N2O2. The van der Waals surface area contributed by atoms with E-state index in [0.717, 1.165) is 6.07 Å². The number of carbonyl (C=O) groups is 1. The average molecular weight is 437 g/mol. The summed E-state index contributed by atoms with van der Waals surface area (Å²) in [5.74, 6) is -1.58. The number of aromatic nitrogens is 2.